The molecule has 0 amide bonds. The molecule has 3 nitrogen and oxygen atoms in total. The van der Waals surface area contributed by atoms with Crippen molar-refractivity contribution in [1.82, 2.24) is 10.2 Å². The molecule has 1 saturated heterocycles. The molecule has 0 aromatic heterocycles. The monoisotopic (exact) mass is 296 g/mol. The van der Waals surface area contributed by atoms with Gasteiger partial charge in [-0.3, -0.25) is 0 Å². The van der Waals surface area contributed by atoms with Crippen molar-refractivity contribution in [2.45, 2.75) is 71.4 Å². The second-order valence-electron chi connectivity index (χ2n) is 7.00. The number of rotatable bonds is 8. The molecular formula is C18H36N2O. The van der Waals surface area contributed by atoms with Gasteiger partial charge in [-0.25, -0.2) is 0 Å². The molecule has 4 atom stereocenters. The van der Waals surface area contributed by atoms with Crippen LogP contribution in [0.2, 0.25) is 0 Å². The summed E-state index contributed by atoms with van der Waals surface area (Å²) in [6.07, 6.45) is 8.56. The number of ether oxygens (including phenoxy) is 1. The fraction of sp³-hybridized carbons (Fsp3) is 1.00. The van der Waals surface area contributed by atoms with E-state index in [4.69, 9.17) is 4.74 Å². The van der Waals surface area contributed by atoms with Crippen LogP contribution in [0.25, 0.3) is 0 Å². The van der Waals surface area contributed by atoms with Gasteiger partial charge in [0.25, 0.3) is 0 Å². The number of nitrogens with zero attached hydrogens (tertiary/aromatic N) is 1. The molecule has 0 radical (unpaired) electrons. The molecule has 0 aromatic carbocycles. The smallest absolute Gasteiger partial charge is 0.0702 e. The van der Waals surface area contributed by atoms with Crippen LogP contribution in [-0.4, -0.2) is 49.8 Å². The topological polar surface area (TPSA) is 24.5 Å². The Morgan fingerprint density at radius 2 is 1.95 bits per heavy atom. The van der Waals surface area contributed by atoms with Gasteiger partial charge in [0.05, 0.1) is 6.10 Å². The lowest BCUT2D eigenvalue weighted by molar-refractivity contribution is 0.0594. The summed E-state index contributed by atoms with van der Waals surface area (Å²) in [5, 5.41) is 3.74. The van der Waals surface area contributed by atoms with E-state index in [2.05, 4.69) is 31.0 Å². The lowest BCUT2D eigenvalue weighted by Crippen LogP contribution is -2.47. The average Bonchev–Trinajstić information content (AvgIpc) is 3.01. The maximum Gasteiger partial charge on any atom is 0.0702 e. The third-order valence-corrected chi connectivity index (χ3v) is 5.56. The van der Waals surface area contributed by atoms with E-state index in [1.165, 1.54) is 45.1 Å². The Bertz CT molecular complexity index is 278. The first-order valence-electron chi connectivity index (χ1n) is 9.34. The highest BCUT2D eigenvalue weighted by Gasteiger charge is 2.31. The van der Waals surface area contributed by atoms with Crippen molar-refractivity contribution in [2.75, 3.05) is 32.8 Å². The number of hydrogen-bond acceptors (Lipinski definition) is 3. The quantitative estimate of drug-likeness (QED) is 0.744. The molecule has 0 bridgehead atoms. The first-order valence-corrected chi connectivity index (χ1v) is 9.34. The molecule has 1 aliphatic carbocycles. The van der Waals surface area contributed by atoms with Crippen molar-refractivity contribution in [3.63, 3.8) is 0 Å². The minimum Gasteiger partial charge on any atom is -0.377 e. The molecule has 3 heteroatoms. The molecule has 0 spiro atoms. The van der Waals surface area contributed by atoms with E-state index in [9.17, 15) is 0 Å². The van der Waals surface area contributed by atoms with E-state index in [0.717, 1.165) is 44.1 Å². The second-order valence-corrected chi connectivity index (χ2v) is 7.00. The predicted molar refractivity (Wildman–Crippen MR) is 89.7 cm³/mol. The Balaban J connectivity index is 1.87. The van der Waals surface area contributed by atoms with E-state index in [-0.39, 0.29) is 0 Å². The summed E-state index contributed by atoms with van der Waals surface area (Å²) in [5.74, 6) is 1.77. The molecule has 21 heavy (non-hydrogen) atoms. The Morgan fingerprint density at radius 1 is 1.10 bits per heavy atom. The van der Waals surface area contributed by atoms with E-state index in [1.807, 2.05) is 0 Å². The molecular weight excluding hydrogens is 260 g/mol. The summed E-state index contributed by atoms with van der Waals surface area (Å²) in [7, 11) is 0. The van der Waals surface area contributed by atoms with Crippen LogP contribution in [0.5, 0.6) is 0 Å². The summed E-state index contributed by atoms with van der Waals surface area (Å²) in [5.41, 5.74) is 0. The van der Waals surface area contributed by atoms with E-state index < -0.39 is 0 Å². The van der Waals surface area contributed by atoms with Gasteiger partial charge in [-0.15, -0.1) is 0 Å². The van der Waals surface area contributed by atoms with Crippen molar-refractivity contribution in [3.8, 4) is 0 Å². The fourth-order valence-electron chi connectivity index (χ4n) is 4.21. The van der Waals surface area contributed by atoms with Crippen LogP contribution in [0.3, 0.4) is 0 Å². The Hall–Kier alpha value is -0.120. The maximum absolute atomic E-state index is 5.83. The number of hydrogen-bond donors (Lipinski definition) is 1. The third-order valence-electron chi connectivity index (χ3n) is 5.56. The molecule has 0 aromatic rings. The summed E-state index contributed by atoms with van der Waals surface area (Å²) in [4.78, 5) is 2.64. The third kappa shape index (κ3) is 5.22. The standard InChI is InChI=1S/C18H36N2O/c1-4-15-9-10-18(19-5-2)16(12-15)13-20(6-3)14-17-8-7-11-21-17/h15-19H,4-14H2,1-3H3. The summed E-state index contributed by atoms with van der Waals surface area (Å²) in [6.45, 7) is 12.5. The largest absolute Gasteiger partial charge is 0.377 e. The summed E-state index contributed by atoms with van der Waals surface area (Å²) < 4.78 is 5.83. The van der Waals surface area contributed by atoms with E-state index in [1.54, 1.807) is 0 Å². The van der Waals surface area contributed by atoms with Crippen LogP contribution in [0, 0.1) is 11.8 Å². The summed E-state index contributed by atoms with van der Waals surface area (Å²) >= 11 is 0. The Labute approximate surface area is 131 Å². The lowest BCUT2D eigenvalue weighted by atomic mass is 9.76. The van der Waals surface area contributed by atoms with Crippen molar-refractivity contribution in [1.29, 1.82) is 0 Å². The van der Waals surface area contributed by atoms with Crippen LogP contribution in [0.4, 0.5) is 0 Å². The molecule has 1 aliphatic heterocycles. The van der Waals surface area contributed by atoms with Gasteiger partial charge in [0.1, 0.15) is 0 Å². The molecule has 1 saturated carbocycles. The van der Waals surface area contributed by atoms with Crippen LogP contribution in [0.1, 0.15) is 59.3 Å². The van der Waals surface area contributed by atoms with Crippen molar-refractivity contribution in [2.24, 2.45) is 11.8 Å². The Kier molecular flexibility index (Phi) is 7.48. The van der Waals surface area contributed by atoms with Gasteiger partial charge in [0, 0.05) is 25.7 Å². The molecule has 2 fully saturated rings. The first kappa shape index (κ1) is 17.2. The SMILES string of the molecule is CCNC1CCC(CC)CC1CN(CC)CC1CCCO1. The zero-order chi connectivity index (χ0) is 15.1. The van der Waals surface area contributed by atoms with Crippen molar-refractivity contribution in [3.05, 3.63) is 0 Å². The van der Waals surface area contributed by atoms with E-state index in [0.29, 0.717) is 6.10 Å². The van der Waals surface area contributed by atoms with Crippen molar-refractivity contribution < 1.29 is 4.74 Å². The minimum absolute atomic E-state index is 0.494. The van der Waals surface area contributed by atoms with Gasteiger partial charge >= 0.3 is 0 Å². The highest BCUT2D eigenvalue weighted by atomic mass is 16.5. The number of likely N-dealkylation sites (N-methyl/N-ethyl adjacent to an activating group) is 1. The zero-order valence-electron chi connectivity index (χ0n) is 14.4. The minimum atomic E-state index is 0.494. The van der Waals surface area contributed by atoms with Gasteiger partial charge < -0.3 is 15.0 Å². The van der Waals surface area contributed by atoms with Crippen LogP contribution in [0.15, 0.2) is 0 Å². The van der Waals surface area contributed by atoms with Crippen LogP contribution in [-0.2, 0) is 4.74 Å². The zero-order valence-corrected chi connectivity index (χ0v) is 14.4. The second kappa shape index (κ2) is 9.12. The highest BCUT2D eigenvalue weighted by molar-refractivity contribution is 4.86. The van der Waals surface area contributed by atoms with Gasteiger partial charge in [-0.05, 0) is 57.0 Å². The summed E-state index contributed by atoms with van der Waals surface area (Å²) in [6, 6.07) is 0.733. The predicted octanol–water partition coefficient (Wildman–Crippen LogP) is 3.29. The molecule has 2 aliphatic rings. The number of nitrogens with one attached hydrogen (secondary N) is 1. The first-order chi connectivity index (χ1) is 10.3. The van der Waals surface area contributed by atoms with Crippen LogP contribution < -0.4 is 5.32 Å². The van der Waals surface area contributed by atoms with Crippen LogP contribution >= 0.6 is 0 Å². The normalized spacial score (nSPS) is 33.7. The van der Waals surface area contributed by atoms with E-state index >= 15 is 0 Å². The van der Waals surface area contributed by atoms with Gasteiger partial charge in [0.15, 0.2) is 0 Å². The average molecular weight is 296 g/mol. The fourth-order valence-corrected chi connectivity index (χ4v) is 4.21. The Morgan fingerprint density at radius 3 is 2.57 bits per heavy atom. The van der Waals surface area contributed by atoms with Crippen molar-refractivity contribution >= 4 is 0 Å². The highest BCUT2D eigenvalue weighted by Crippen LogP contribution is 2.32. The molecule has 124 valence electrons. The van der Waals surface area contributed by atoms with Gasteiger partial charge in [-0.1, -0.05) is 27.2 Å². The molecule has 2 rings (SSSR count). The van der Waals surface area contributed by atoms with Gasteiger partial charge in [0.2, 0.25) is 0 Å². The maximum atomic E-state index is 5.83. The molecule has 1 N–H and O–H groups in total. The molecule has 1 heterocycles. The lowest BCUT2D eigenvalue weighted by Gasteiger charge is -2.39. The van der Waals surface area contributed by atoms with Gasteiger partial charge in [-0.2, -0.15) is 0 Å². The molecule has 4 unspecified atom stereocenters.